The average molecular weight is 180 g/mol. The zero-order chi connectivity index (χ0) is 4.50. The van der Waals surface area contributed by atoms with Gasteiger partial charge in [-0.3, -0.25) is 0 Å². The molecule has 0 amide bonds. The summed E-state index contributed by atoms with van der Waals surface area (Å²) in [4.78, 5) is 0. The van der Waals surface area contributed by atoms with Crippen LogP contribution in [-0.2, 0) is 30.1 Å². The summed E-state index contributed by atoms with van der Waals surface area (Å²) >= 11 is 0.145. The SMILES string of the molecule is O=[S](=O)(O)[Zr].[LiH]. The van der Waals surface area contributed by atoms with Gasteiger partial charge >= 0.3 is 62.0 Å². The summed E-state index contributed by atoms with van der Waals surface area (Å²) in [5.74, 6) is 0. The molecule has 0 fully saturated rings. The molecule has 0 aromatic carbocycles. The van der Waals surface area contributed by atoms with Gasteiger partial charge in [0.25, 0.3) is 0 Å². The molecule has 0 unspecified atom stereocenters. The van der Waals surface area contributed by atoms with Crippen molar-refractivity contribution in [2.75, 3.05) is 0 Å². The van der Waals surface area contributed by atoms with Crippen LogP contribution >= 0.6 is 0 Å². The predicted molar refractivity (Wildman–Crippen MR) is 18.7 cm³/mol. The molecule has 0 spiro atoms. The molecular weight excluding hydrogens is 178 g/mol. The van der Waals surface area contributed by atoms with Gasteiger partial charge in [-0.1, -0.05) is 0 Å². The van der Waals surface area contributed by atoms with E-state index >= 15 is 0 Å². The van der Waals surface area contributed by atoms with Crippen LogP contribution in [-0.4, -0.2) is 31.8 Å². The Morgan fingerprint density at radius 3 is 1.50 bits per heavy atom. The van der Waals surface area contributed by atoms with Crippen molar-refractivity contribution in [1.29, 1.82) is 0 Å². The van der Waals surface area contributed by atoms with Crippen LogP contribution in [0.15, 0.2) is 0 Å². The second-order valence-corrected chi connectivity index (χ2v) is 5.23. The van der Waals surface area contributed by atoms with Crippen LogP contribution in [0.5, 0.6) is 0 Å². The van der Waals surface area contributed by atoms with Gasteiger partial charge in [0.05, 0.1) is 0 Å². The first-order valence-corrected chi connectivity index (χ1v) is 5.17. The normalized spacial score (nSPS) is 9.33. The van der Waals surface area contributed by atoms with E-state index in [2.05, 4.69) is 0 Å². The predicted octanol–water partition coefficient (Wildman–Crippen LogP) is -1.31. The van der Waals surface area contributed by atoms with Crippen LogP contribution in [0.3, 0.4) is 0 Å². The van der Waals surface area contributed by atoms with Crippen LogP contribution in [0.1, 0.15) is 0 Å². The molecule has 0 bridgehead atoms. The van der Waals surface area contributed by atoms with Crippen LogP contribution in [0.25, 0.3) is 0 Å². The summed E-state index contributed by atoms with van der Waals surface area (Å²) in [6.45, 7) is -3.58. The van der Waals surface area contributed by atoms with Crippen molar-refractivity contribution in [3.63, 3.8) is 0 Å². The second-order valence-electron chi connectivity index (χ2n) is 0.475. The molecule has 1 N–H and O–H groups in total. The van der Waals surface area contributed by atoms with Crippen molar-refractivity contribution in [3.05, 3.63) is 0 Å². The van der Waals surface area contributed by atoms with Gasteiger partial charge in [-0.15, -0.1) is 0 Å². The molecule has 0 atom stereocenters. The first-order valence-electron chi connectivity index (χ1n) is 0.720. The summed E-state index contributed by atoms with van der Waals surface area (Å²) in [7, 11) is 0. The van der Waals surface area contributed by atoms with Crippen molar-refractivity contribution >= 4 is 25.7 Å². The molecule has 0 heterocycles. The van der Waals surface area contributed by atoms with Crippen LogP contribution in [0, 0.1) is 0 Å². The molecule has 0 saturated heterocycles. The van der Waals surface area contributed by atoms with Gasteiger partial charge in [0.2, 0.25) is 0 Å². The van der Waals surface area contributed by atoms with Crippen molar-refractivity contribution < 1.29 is 36.2 Å². The van der Waals surface area contributed by atoms with Gasteiger partial charge in [0.1, 0.15) is 0 Å². The van der Waals surface area contributed by atoms with E-state index in [0.717, 1.165) is 0 Å². The molecule has 31 valence electrons. The van der Waals surface area contributed by atoms with Gasteiger partial charge in [-0.2, -0.15) is 0 Å². The molecule has 0 aliphatic rings. The number of rotatable bonds is 0. The van der Waals surface area contributed by atoms with Gasteiger partial charge in [0.15, 0.2) is 0 Å². The summed E-state index contributed by atoms with van der Waals surface area (Å²) in [5, 5.41) is 0. The molecule has 0 aromatic heterocycles. The molecular formula is H2LiO3SZr. The van der Waals surface area contributed by atoms with E-state index in [0.29, 0.717) is 0 Å². The quantitative estimate of drug-likeness (QED) is 0.372. The van der Waals surface area contributed by atoms with Crippen molar-refractivity contribution in [3.8, 4) is 0 Å². The van der Waals surface area contributed by atoms with E-state index in [-0.39, 0.29) is 42.1 Å². The topological polar surface area (TPSA) is 54.4 Å². The molecule has 0 rings (SSSR count). The Morgan fingerprint density at radius 2 is 1.50 bits per heavy atom. The standard InChI is InChI=1S/Li.HO3S.Zr.H/c;1-4(2)3;;/h;(H,1,2,3);;. The van der Waals surface area contributed by atoms with E-state index in [1.165, 1.54) is 0 Å². The van der Waals surface area contributed by atoms with Gasteiger partial charge in [0, 0.05) is 0 Å². The maximum atomic E-state index is 9.23. The van der Waals surface area contributed by atoms with E-state index in [1.807, 2.05) is 0 Å². The second kappa shape index (κ2) is 3.40. The van der Waals surface area contributed by atoms with Crippen molar-refractivity contribution in [2.45, 2.75) is 0 Å². The molecule has 0 aliphatic heterocycles. The molecule has 6 heteroatoms. The molecule has 0 radical (unpaired) electrons. The molecule has 3 nitrogen and oxygen atoms in total. The zero-order valence-electron chi connectivity index (χ0n) is 2.17. The first kappa shape index (κ1) is 10.4. The third-order valence-corrected chi connectivity index (χ3v) is 0. The summed E-state index contributed by atoms with van der Waals surface area (Å²) in [6.07, 6.45) is 0. The van der Waals surface area contributed by atoms with Gasteiger partial charge in [-0.25, -0.2) is 0 Å². The summed E-state index contributed by atoms with van der Waals surface area (Å²) < 4.78 is 26.0. The fourth-order valence-electron chi connectivity index (χ4n) is 0. The Labute approximate surface area is 61.5 Å². The number of hydrogen-bond acceptors (Lipinski definition) is 2. The van der Waals surface area contributed by atoms with Crippen molar-refractivity contribution in [2.24, 2.45) is 0 Å². The Morgan fingerprint density at radius 1 is 1.50 bits per heavy atom. The fraction of sp³-hybridized carbons (Fsp3) is 0. The maximum absolute atomic E-state index is 9.23. The minimum absolute atomic E-state index is 0. The molecule has 0 aromatic rings. The van der Waals surface area contributed by atoms with E-state index in [1.54, 1.807) is 0 Å². The molecule has 0 aliphatic carbocycles. The third-order valence-electron chi connectivity index (χ3n) is 0. The number of hydrogen-bond donors (Lipinski definition) is 1. The van der Waals surface area contributed by atoms with Crippen molar-refractivity contribution in [1.82, 2.24) is 0 Å². The summed E-state index contributed by atoms with van der Waals surface area (Å²) in [5.41, 5.74) is 0. The summed E-state index contributed by atoms with van der Waals surface area (Å²) in [6, 6.07) is 0. The Balaban J connectivity index is 0. The fourth-order valence-corrected chi connectivity index (χ4v) is 0. The third kappa shape index (κ3) is 53.7. The van der Waals surface area contributed by atoms with Crippen LogP contribution < -0.4 is 0 Å². The first-order chi connectivity index (χ1) is 2.00. The average Bonchev–Trinajstić information content (AvgIpc) is 0.722. The molecule has 6 heavy (non-hydrogen) atoms. The van der Waals surface area contributed by atoms with E-state index in [9.17, 15) is 8.42 Å². The zero-order valence-corrected chi connectivity index (χ0v) is 5.45. The Kier molecular flexibility index (Phi) is 5.89. The van der Waals surface area contributed by atoms with E-state index in [4.69, 9.17) is 4.55 Å². The van der Waals surface area contributed by atoms with E-state index < -0.39 is 6.87 Å². The van der Waals surface area contributed by atoms with Crippen LogP contribution in [0.2, 0.25) is 0 Å². The minimum atomic E-state index is -3.58. The Bertz CT molecular complexity index is 94.0. The Hall–Kier alpha value is 1.39. The van der Waals surface area contributed by atoms with Gasteiger partial charge in [-0.05, 0) is 0 Å². The van der Waals surface area contributed by atoms with Gasteiger partial charge < -0.3 is 0 Å². The molecule has 0 saturated carbocycles. The van der Waals surface area contributed by atoms with Crippen LogP contribution in [0.4, 0.5) is 0 Å². The monoisotopic (exact) mass is 179 g/mol.